The smallest absolute Gasteiger partial charge is 0.468 e. The van der Waals surface area contributed by atoms with Crippen molar-refractivity contribution < 1.29 is 18.8 Å². The van der Waals surface area contributed by atoms with E-state index in [-0.39, 0.29) is 6.79 Å². The van der Waals surface area contributed by atoms with E-state index in [1.807, 2.05) is 59.1 Å². The minimum atomic E-state index is -0.522. The maximum absolute atomic E-state index is 6.24. The number of fused-ring (bicyclic) bond motifs is 1. The first kappa shape index (κ1) is 21.8. The number of ether oxygens (including phenoxy) is 2. The number of nitrogens with zero attached hydrogens (tertiary/aromatic N) is 3. The van der Waals surface area contributed by atoms with E-state index in [0.717, 1.165) is 39.7 Å². The predicted molar refractivity (Wildman–Crippen MR) is 122 cm³/mol. The van der Waals surface area contributed by atoms with Gasteiger partial charge in [0.05, 0.1) is 23.1 Å². The Morgan fingerprint density at radius 2 is 1.81 bits per heavy atom. The van der Waals surface area contributed by atoms with E-state index in [2.05, 4.69) is 18.1 Å². The largest absolute Gasteiger partial charge is 0.498 e. The summed E-state index contributed by atoms with van der Waals surface area (Å²) in [6, 6.07) is 8.09. The Kier molecular flexibility index (Phi) is 5.58. The molecule has 3 aromatic rings. The maximum Gasteiger partial charge on any atom is 0.498 e. The van der Waals surface area contributed by atoms with E-state index in [9.17, 15) is 0 Å². The molecule has 0 N–H and O–H groups in total. The molecule has 0 unspecified atom stereocenters. The van der Waals surface area contributed by atoms with Gasteiger partial charge in [0, 0.05) is 25.2 Å². The number of aromatic nitrogens is 3. The van der Waals surface area contributed by atoms with Crippen molar-refractivity contribution in [3.8, 4) is 17.0 Å². The van der Waals surface area contributed by atoms with Crippen molar-refractivity contribution >= 4 is 23.6 Å². The first-order valence-electron chi connectivity index (χ1n) is 10.6. The molecule has 3 heterocycles. The van der Waals surface area contributed by atoms with E-state index in [0.29, 0.717) is 5.75 Å². The van der Waals surface area contributed by atoms with Crippen molar-refractivity contribution in [2.45, 2.75) is 52.2 Å². The Bertz CT molecular complexity index is 1090. The van der Waals surface area contributed by atoms with Gasteiger partial charge < -0.3 is 18.8 Å². The molecule has 0 saturated carbocycles. The molecule has 1 aliphatic heterocycles. The molecule has 0 amide bonds. The molecule has 7 nitrogen and oxygen atoms in total. The van der Waals surface area contributed by atoms with Gasteiger partial charge in [-0.15, -0.1) is 0 Å². The van der Waals surface area contributed by atoms with E-state index >= 15 is 0 Å². The molecule has 0 atom stereocenters. The molecule has 1 saturated heterocycles. The topological polar surface area (TPSA) is 67.6 Å². The average Bonchev–Trinajstić information content (AvgIpc) is 3.19. The van der Waals surface area contributed by atoms with Crippen LogP contribution in [0, 0.1) is 0 Å². The van der Waals surface area contributed by atoms with Crippen molar-refractivity contribution in [2.24, 2.45) is 7.05 Å². The zero-order valence-electron chi connectivity index (χ0n) is 19.4. The van der Waals surface area contributed by atoms with Crippen LogP contribution in [0.25, 0.3) is 22.3 Å². The SMILES string of the molecule is CCc1cc(-c2ccc(B3OC(C)(C)C(C)(C)O3)c(OCOC)c2)nc2cn(C)nc12. The van der Waals surface area contributed by atoms with Crippen molar-refractivity contribution in [2.75, 3.05) is 13.9 Å². The molecule has 0 spiro atoms. The zero-order valence-corrected chi connectivity index (χ0v) is 19.4. The molecular formula is C23H30BN3O4. The Labute approximate surface area is 183 Å². The fourth-order valence-electron chi connectivity index (χ4n) is 3.71. The molecule has 2 aromatic heterocycles. The third-order valence-electron chi connectivity index (χ3n) is 6.20. The average molecular weight is 423 g/mol. The van der Waals surface area contributed by atoms with Gasteiger partial charge in [0.15, 0.2) is 6.79 Å². The zero-order chi connectivity index (χ0) is 22.4. The number of hydrogen-bond donors (Lipinski definition) is 0. The number of methoxy groups -OCH3 is 1. The lowest BCUT2D eigenvalue weighted by molar-refractivity contribution is 0.00578. The molecule has 1 aromatic carbocycles. The molecule has 0 aliphatic carbocycles. The van der Waals surface area contributed by atoms with Gasteiger partial charge in [0.1, 0.15) is 16.8 Å². The van der Waals surface area contributed by atoms with Gasteiger partial charge in [0.2, 0.25) is 0 Å². The lowest BCUT2D eigenvalue weighted by Crippen LogP contribution is -2.41. The van der Waals surface area contributed by atoms with Crippen molar-refractivity contribution in [3.63, 3.8) is 0 Å². The molecule has 31 heavy (non-hydrogen) atoms. The first-order chi connectivity index (χ1) is 14.6. The fourth-order valence-corrected chi connectivity index (χ4v) is 3.71. The van der Waals surface area contributed by atoms with E-state index in [1.54, 1.807) is 11.8 Å². The van der Waals surface area contributed by atoms with Crippen LogP contribution >= 0.6 is 0 Å². The van der Waals surface area contributed by atoms with Gasteiger partial charge in [-0.25, -0.2) is 4.98 Å². The molecule has 8 heteroatoms. The predicted octanol–water partition coefficient (Wildman–Crippen LogP) is 3.48. The van der Waals surface area contributed by atoms with Crippen molar-refractivity contribution in [1.29, 1.82) is 0 Å². The highest BCUT2D eigenvalue weighted by Crippen LogP contribution is 2.37. The van der Waals surface area contributed by atoms with Crippen LogP contribution in [-0.4, -0.2) is 47.0 Å². The summed E-state index contributed by atoms with van der Waals surface area (Å²) in [5.41, 5.74) is 4.78. The maximum atomic E-state index is 6.24. The monoisotopic (exact) mass is 423 g/mol. The molecule has 0 radical (unpaired) electrons. The van der Waals surface area contributed by atoms with E-state index in [1.165, 1.54) is 0 Å². The molecule has 4 rings (SSSR count). The third-order valence-corrected chi connectivity index (χ3v) is 6.20. The van der Waals surface area contributed by atoms with Gasteiger partial charge in [-0.1, -0.05) is 19.1 Å². The van der Waals surface area contributed by atoms with Crippen LogP contribution in [-0.2, 0) is 27.5 Å². The Morgan fingerprint density at radius 1 is 1.10 bits per heavy atom. The number of benzene rings is 1. The summed E-state index contributed by atoms with van der Waals surface area (Å²) < 4.78 is 25.4. The summed E-state index contributed by atoms with van der Waals surface area (Å²) in [5, 5.41) is 4.55. The quantitative estimate of drug-likeness (QED) is 0.447. The second kappa shape index (κ2) is 7.93. The number of pyridine rings is 1. The molecule has 0 bridgehead atoms. The second-order valence-corrected chi connectivity index (χ2v) is 8.95. The summed E-state index contributed by atoms with van der Waals surface area (Å²) in [7, 11) is 2.99. The van der Waals surface area contributed by atoms with Crippen LogP contribution in [0.1, 0.15) is 40.2 Å². The van der Waals surface area contributed by atoms with Crippen molar-refractivity contribution in [1.82, 2.24) is 14.8 Å². The number of rotatable bonds is 6. The van der Waals surface area contributed by atoms with Crippen LogP contribution in [0.2, 0.25) is 0 Å². The number of aryl methyl sites for hydroxylation is 2. The van der Waals surface area contributed by atoms with Gasteiger partial charge in [-0.2, -0.15) is 5.10 Å². The van der Waals surface area contributed by atoms with Gasteiger partial charge in [0.25, 0.3) is 0 Å². The molecule has 1 fully saturated rings. The summed E-state index contributed by atoms with van der Waals surface area (Å²) >= 11 is 0. The van der Waals surface area contributed by atoms with Crippen LogP contribution in [0.4, 0.5) is 0 Å². The van der Waals surface area contributed by atoms with Crippen LogP contribution in [0.15, 0.2) is 30.5 Å². The van der Waals surface area contributed by atoms with Gasteiger partial charge in [-0.3, -0.25) is 4.68 Å². The van der Waals surface area contributed by atoms with Gasteiger partial charge in [-0.05, 0) is 51.8 Å². The first-order valence-corrected chi connectivity index (χ1v) is 10.6. The summed E-state index contributed by atoms with van der Waals surface area (Å²) in [4.78, 5) is 4.84. The molecular weight excluding hydrogens is 393 g/mol. The van der Waals surface area contributed by atoms with Crippen molar-refractivity contribution in [3.05, 3.63) is 36.0 Å². The van der Waals surface area contributed by atoms with Crippen LogP contribution in [0.5, 0.6) is 5.75 Å². The lowest BCUT2D eigenvalue weighted by atomic mass is 9.77. The summed E-state index contributed by atoms with van der Waals surface area (Å²) in [6.45, 7) is 10.4. The Morgan fingerprint density at radius 3 is 2.45 bits per heavy atom. The third kappa shape index (κ3) is 3.95. The Balaban J connectivity index is 1.76. The minimum absolute atomic E-state index is 0.130. The highest BCUT2D eigenvalue weighted by molar-refractivity contribution is 6.63. The highest BCUT2D eigenvalue weighted by Gasteiger charge is 2.52. The number of hydrogen-bond acceptors (Lipinski definition) is 6. The molecule has 1 aliphatic rings. The highest BCUT2D eigenvalue weighted by atomic mass is 16.7. The van der Waals surface area contributed by atoms with Crippen LogP contribution < -0.4 is 10.2 Å². The summed E-state index contributed by atoms with van der Waals surface area (Å²) in [6.07, 6.45) is 2.82. The second-order valence-electron chi connectivity index (χ2n) is 8.95. The fraction of sp³-hybridized carbons (Fsp3) is 0.478. The molecule has 164 valence electrons. The standard InChI is InChI=1S/C23H30BN3O4/c1-8-15-11-18(25-19-13-27(6)26-21(15)19)16-9-10-17(20(12-16)29-14-28-7)24-30-22(2,3)23(4,5)31-24/h9-13H,8,14H2,1-7H3. The minimum Gasteiger partial charge on any atom is -0.468 e. The van der Waals surface area contributed by atoms with Gasteiger partial charge >= 0.3 is 7.12 Å². The van der Waals surface area contributed by atoms with E-state index < -0.39 is 18.3 Å². The van der Waals surface area contributed by atoms with E-state index in [4.69, 9.17) is 23.8 Å². The summed E-state index contributed by atoms with van der Waals surface area (Å²) in [5.74, 6) is 0.656. The lowest BCUT2D eigenvalue weighted by Gasteiger charge is -2.32. The van der Waals surface area contributed by atoms with Crippen LogP contribution in [0.3, 0.4) is 0 Å². The normalized spacial score (nSPS) is 17.5. The Hall–Kier alpha value is -2.42.